The zero-order valence-electron chi connectivity index (χ0n) is 15.3. The molecular formula is C19H14ClF3N4O2S. The molecule has 0 aliphatic heterocycles. The molecule has 1 aromatic carbocycles. The number of benzene rings is 1. The highest BCUT2D eigenvalue weighted by atomic mass is 35.5. The minimum atomic E-state index is -4.59. The van der Waals surface area contributed by atoms with Crippen LogP contribution in [0.4, 0.5) is 24.7 Å². The molecule has 0 spiro atoms. The normalized spacial score (nSPS) is 12.4. The quantitative estimate of drug-likeness (QED) is 0.557. The zero-order valence-corrected chi connectivity index (χ0v) is 16.9. The summed E-state index contributed by atoms with van der Waals surface area (Å²) in [7, 11) is -2.12. The Hall–Kier alpha value is -2.98. The Kier molecular flexibility index (Phi) is 6.09. The molecule has 1 unspecified atom stereocenters. The van der Waals surface area contributed by atoms with E-state index in [0.29, 0.717) is 0 Å². The zero-order chi connectivity index (χ0) is 22.1. The van der Waals surface area contributed by atoms with Crippen molar-refractivity contribution in [2.45, 2.75) is 18.0 Å². The van der Waals surface area contributed by atoms with Gasteiger partial charge in [-0.2, -0.15) is 13.2 Å². The van der Waals surface area contributed by atoms with Crippen molar-refractivity contribution in [2.75, 3.05) is 10.5 Å². The first-order chi connectivity index (χ1) is 14.1. The topological polar surface area (TPSA) is 98.0 Å². The monoisotopic (exact) mass is 454 g/mol. The van der Waals surface area contributed by atoms with Crippen LogP contribution in [0, 0.1) is 6.92 Å². The summed E-state index contributed by atoms with van der Waals surface area (Å²) < 4.78 is 54.7. The summed E-state index contributed by atoms with van der Waals surface area (Å²) in [6.45, 7) is 1.31. The Morgan fingerprint density at radius 1 is 1.17 bits per heavy atom. The van der Waals surface area contributed by atoms with Crippen LogP contribution in [0.2, 0.25) is 5.02 Å². The smallest absolute Gasteiger partial charge is 0.384 e. The van der Waals surface area contributed by atoms with Gasteiger partial charge in [-0.15, -0.1) is 0 Å². The van der Waals surface area contributed by atoms with Gasteiger partial charge in [-0.05, 0) is 42.8 Å². The van der Waals surface area contributed by atoms with Crippen LogP contribution < -0.4 is 10.5 Å². The third-order valence-corrected chi connectivity index (χ3v) is 5.34. The predicted molar refractivity (Wildman–Crippen MR) is 108 cm³/mol. The van der Waals surface area contributed by atoms with Gasteiger partial charge in [0.25, 0.3) is 0 Å². The highest BCUT2D eigenvalue weighted by Gasteiger charge is 2.33. The molecule has 2 aromatic heterocycles. The first-order valence-corrected chi connectivity index (χ1v) is 9.87. The van der Waals surface area contributed by atoms with Gasteiger partial charge in [0, 0.05) is 18.0 Å². The molecule has 0 aliphatic rings. The van der Waals surface area contributed by atoms with E-state index in [0.717, 1.165) is 6.07 Å². The van der Waals surface area contributed by atoms with Gasteiger partial charge in [0.05, 0.1) is 21.2 Å². The minimum Gasteiger partial charge on any atom is -0.384 e. The van der Waals surface area contributed by atoms with Crippen LogP contribution in [0.1, 0.15) is 27.2 Å². The first-order valence-electron chi connectivity index (χ1n) is 8.34. The van der Waals surface area contributed by atoms with Crippen LogP contribution >= 0.6 is 11.6 Å². The van der Waals surface area contributed by atoms with Gasteiger partial charge >= 0.3 is 6.18 Å². The standard InChI is InChI=1S/C19H14ClF3N4O2S/c1-10-2-3-13(8-14(10)19(21,22)23)30(29)27-15-7-12(20)9-26-17(15)18(28)11-4-5-25-16(24)6-11/h2-9,27H,1H3,(H2,24,25). The predicted octanol–water partition coefficient (Wildman–Crippen LogP) is 4.41. The maximum atomic E-state index is 13.2. The Morgan fingerprint density at radius 2 is 1.90 bits per heavy atom. The van der Waals surface area contributed by atoms with E-state index < -0.39 is 28.5 Å². The average Bonchev–Trinajstić information content (AvgIpc) is 2.67. The van der Waals surface area contributed by atoms with Crippen molar-refractivity contribution < 1.29 is 22.2 Å². The molecule has 1 atom stereocenters. The number of nitrogens with one attached hydrogen (secondary N) is 1. The molecule has 6 nitrogen and oxygen atoms in total. The van der Waals surface area contributed by atoms with E-state index in [1.807, 2.05) is 0 Å². The molecule has 156 valence electrons. The molecule has 11 heteroatoms. The molecule has 3 rings (SSSR count). The third-order valence-electron chi connectivity index (χ3n) is 4.04. The highest BCUT2D eigenvalue weighted by Crippen LogP contribution is 2.33. The number of hydrogen-bond donors (Lipinski definition) is 2. The summed E-state index contributed by atoms with van der Waals surface area (Å²) in [5, 5.41) is 0.139. The number of nitrogens with two attached hydrogens (primary N) is 1. The molecule has 0 saturated carbocycles. The molecule has 3 N–H and O–H groups in total. The van der Waals surface area contributed by atoms with E-state index >= 15 is 0 Å². The Labute approximate surface area is 176 Å². The lowest BCUT2D eigenvalue weighted by Gasteiger charge is -2.14. The molecule has 0 radical (unpaired) electrons. The fourth-order valence-electron chi connectivity index (χ4n) is 2.60. The lowest BCUT2D eigenvalue weighted by atomic mass is 10.1. The fraction of sp³-hybridized carbons (Fsp3) is 0.105. The lowest BCUT2D eigenvalue weighted by molar-refractivity contribution is -0.138. The van der Waals surface area contributed by atoms with Crippen LogP contribution in [0.5, 0.6) is 0 Å². The second-order valence-corrected chi connectivity index (χ2v) is 7.84. The number of pyridine rings is 2. The number of rotatable bonds is 5. The number of anilines is 2. The van der Waals surface area contributed by atoms with Crippen molar-refractivity contribution in [3.05, 3.63) is 76.2 Å². The number of aromatic nitrogens is 2. The largest absolute Gasteiger partial charge is 0.416 e. The first kappa shape index (κ1) is 21.7. The van der Waals surface area contributed by atoms with Crippen LogP contribution in [-0.4, -0.2) is 20.0 Å². The maximum Gasteiger partial charge on any atom is 0.416 e. The van der Waals surface area contributed by atoms with E-state index in [9.17, 15) is 22.2 Å². The van der Waals surface area contributed by atoms with Gasteiger partial charge in [0.2, 0.25) is 5.78 Å². The molecule has 0 saturated heterocycles. The molecule has 30 heavy (non-hydrogen) atoms. The van der Waals surface area contributed by atoms with Gasteiger partial charge in [0.15, 0.2) is 0 Å². The number of nitrogens with zero attached hydrogens (tertiary/aromatic N) is 2. The van der Waals surface area contributed by atoms with Crippen LogP contribution in [-0.2, 0) is 17.2 Å². The van der Waals surface area contributed by atoms with Crippen molar-refractivity contribution in [3.8, 4) is 0 Å². The average molecular weight is 455 g/mol. The third kappa shape index (κ3) is 4.77. The van der Waals surface area contributed by atoms with Gasteiger partial charge in [-0.3, -0.25) is 9.52 Å². The summed E-state index contributed by atoms with van der Waals surface area (Å²) in [4.78, 5) is 20.5. The summed E-state index contributed by atoms with van der Waals surface area (Å²) in [6, 6.07) is 7.39. The summed E-state index contributed by atoms with van der Waals surface area (Å²) in [5.74, 6) is -0.438. The number of aryl methyl sites for hydroxylation is 1. The van der Waals surface area contributed by atoms with Crippen molar-refractivity contribution in [1.82, 2.24) is 9.97 Å². The van der Waals surface area contributed by atoms with E-state index in [4.69, 9.17) is 17.3 Å². The number of halogens is 4. The van der Waals surface area contributed by atoms with Crippen LogP contribution in [0.15, 0.2) is 53.7 Å². The second kappa shape index (κ2) is 8.41. The Balaban J connectivity index is 1.97. The fourth-order valence-corrected chi connectivity index (χ4v) is 3.65. The molecule has 3 aromatic rings. The molecule has 0 aliphatic carbocycles. The number of nitrogen functional groups attached to an aromatic ring is 1. The summed E-state index contributed by atoms with van der Waals surface area (Å²) >= 11 is 5.94. The number of alkyl halides is 3. The molecule has 0 amide bonds. The van der Waals surface area contributed by atoms with Crippen LogP contribution in [0.3, 0.4) is 0 Å². The molecule has 0 bridgehead atoms. The number of carbonyl (C=O) groups excluding carboxylic acids is 1. The number of carbonyl (C=O) groups is 1. The van der Waals surface area contributed by atoms with Crippen molar-refractivity contribution >= 4 is 39.9 Å². The van der Waals surface area contributed by atoms with Crippen molar-refractivity contribution in [2.24, 2.45) is 0 Å². The van der Waals surface area contributed by atoms with Gasteiger partial charge in [-0.1, -0.05) is 17.7 Å². The maximum absolute atomic E-state index is 13.2. The van der Waals surface area contributed by atoms with Crippen molar-refractivity contribution in [1.29, 1.82) is 0 Å². The summed E-state index contributed by atoms with van der Waals surface area (Å²) in [5.41, 5.74) is 4.75. The van der Waals surface area contributed by atoms with Crippen molar-refractivity contribution in [3.63, 3.8) is 0 Å². The van der Waals surface area contributed by atoms with Gasteiger partial charge in [0.1, 0.15) is 22.5 Å². The second-order valence-electron chi connectivity index (χ2n) is 6.19. The Morgan fingerprint density at radius 3 is 2.57 bits per heavy atom. The minimum absolute atomic E-state index is 0.00110. The van der Waals surface area contributed by atoms with E-state index in [1.54, 1.807) is 0 Å². The van der Waals surface area contributed by atoms with E-state index in [-0.39, 0.29) is 38.2 Å². The van der Waals surface area contributed by atoms with Crippen LogP contribution in [0.25, 0.3) is 0 Å². The highest BCUT2D eigenvalue weighted by molar-refractivity contribution is 7.86. The lowest BCUT2D eigenvalue weighted by Crippen LogP contribution is -2.14. The Bertz CT molecular complexity index is 1150. The SMILES string of the molecule is Cc1ccc(S(=O)Nc2cc(Cl)cnc2C(=O)c2ccnc(N)c2)cc1C(F)(F)F. The molecule has 2 heterocycles. The number of hydrogen-bond acceptors (Lipinski definition) is 5. The summed E-state index contributed by atoms with van der Waals surface area (Å²) in [6.07, 6.45) is -2.03. The van der Waals surface area contributed by atoms with E-state index in [1.165, 1.54) is 49.6 Å². The van der Waals surface area contributed by atoms with Gasteiger partial charge < -0.3 is 5.73 Å². The molecule has 0 fully saturated rings. The van der Waals surface area contributed by atoms with E-state index in [2.05, 4.69) is 14.7 Å². The number of ketones is 1. The van der Waals surface area contributed by atoms with Gasteiger partial charge in [-0.25, -0.2) is 14.2 Å². The molecular weight excluding hydrogens is 441 g/mol.